The van der Waals surface area contributed by atoms with Crippen LogP contribution in [0, 0.1) is 0 Å². The Morgan fingerprint density at radius 1 is 0.791 bits per heavy atom. The average Bonchev–Trinajstić information content (AvgIpc) is 2.95. The smallest absolute Gasteiger partial charge is 0.241 e. The fraction of sp³-hybridized carbons (Fsp3) is 0.500. The molecule has 1 saturated heterocycles. The molecule has 1 heterocycles. The molecule has 0 amide bonds. The third-order valence-electron chi connectivity index (χ3n) is 8.42. The summed E-state index contributed by atoms with van der Waals surface area (Å²) < 4.78 is 30.5. The lowest BCUT2D eigenvalue weighted by molar-refractivity contribution is 0.492. The summed E-state index contributed by atoms with van der Waals surface area (Å²) in [4.78, 5) is 0.480. The molecule has 4 rings (SSSR count). The van der Waals surface area contributed by atoms with E-state index >= 15 is 0 Å². The van der Waals surface area contributed by atoms with E-state index in [2.05, 4.69) is 143 Å². The first-order chi connectivity index (χ1) is 20.5. The van der Waals surface area contributed by atoms with Crippen molar-refractivity contribution >= 4 is 40.3 Å². The van der Waals surface area contributed by atoms with Gasteiger partial charge >= 0.3 is 0 Å². The molecule has 234 valence electrons. The molecule has 1 aliphatic heterocycles. The molecule has 2 N–H and O–H groups in total. The van der Waals surface area contributed by atoms with Gasteiger partial charge in [-0.25, -0.2) is 13.1 Å². The van der Waals surface area contributed by atoms with Crippen LogP contribution in [-0.2, 0) is 10.0 Å². The summed E-state index contributed by atoms with van der Waals surface area (Å²) in [7, 11) is -4.17. The van der Waals surface area contributed by atoms with Crippen LogP contribution < -0.4 is 20.6 Å². The Kier molecular flexibility index (Phi) is 12.4. The third kappa shape index (κ3) is 8.73. The molecular formula is C36H51N2O2PS2. The number of hydrogen-bond acceptors (Lipinski definition) is 4. The standard InChI is InChI=1S/C36H51N2O2PS2/c1-25(2)29-23-32(26(3)4)36(33(24-29)27(5)6)43(39,40)38-20-19-37-28(7)22-34(35-18-21-42-35)41(30-14-10-8-11-15-30)31-16-12-9-13-17-31/h8-17,23-28,34-35,37-38H,18-22H2,1-7H3/t28-,34-,35?/m1/s1. The maximum Gasteiger partial charge on any atom is 0.241 e. The number of thioether (sulfide) groups is 1. The van der Waals surface area contributed by atoms with Gasteiger partial charge in [-0.3, -0.25) is 0 Å². The van der Waals surface area contributed by atoms with Gasteiger partial charge in [-0.15, -0.1) is 0 Å². The van der Waals surface area contributed by atoms with Crippen LogP contribution in [0.25, 0.3) is 0 Å². The maximum absolute atomic E-state index is 13.8. The quantitative estimate of drug-likeness (QED) is 0.132. The fourth-order valence-electron chi connectivity index (χ4n) is 5.91. The second-order valence-electron chi connectivity index (χ2n) is 12.8. The van der Waals surface area contributed by atoms with E-state index in [1.54, 1.807) is 0 Å². The summed E-state index contributed by atoms with van der Waals surface area (Å²) in [5, 5.41) is 7.20. The van der Waals surface area contributed by atoms with Gasteiger partial charge in [0.1, 0.15) is 0 Å². The summed E-state index contributed by atoms with van der Waals surface area (Å²) in [6.45, 7) is 15.9. The molecule has 0 spiro atoms. The Balaban J connectivity index is 1.46. The first-order valence-corrected chi connectivity index (χ1v) is 19.9. The second-order valence-corrected chi connectivity index (χ2v) is 18.3. The lowest BCUT2D eigenvalue weighted by atomic mass is 9.89. The zero-order valence-electron chi connectivity index (χ0n) is 27.0. The largest absolute Gasteiger partial charge is 0.313 e. The molecule has 1 unspecified atom stereocenters. The first-order valence-electron chi connectivity index (χ1n) is 15.9. The SMILES string of the molecule is CC(C)c1cc(C(C)C)c(S(=O)(=O)NCCN[C@H](C)C[C@H](C2CCS2)P(c2ccccc2)c2ccccc2)c(C(C)C)c1. The summed E-state index contributed by atoms with van der Waals surface area (Å²) in [6.07, 6.45) is 2.33. The van der Waals surface area contributed by atoms with Crippen LogP contribution in [0.3, 0.4) is 0 Å². The molecule has 0 saturated carbocycles. The van der Waals surface area contributed by atoms with Crippen LogP contribution in [-0.4, -0.2) is 44.2 Å². The Labute approximate surface area is 267 Å². The van der Waals surface area contributed by atoms with Gasteiger partial charge < -0.3 is 5.32 Å². The molecule has 0 radical (unpaired) electrons. The average molecular weight is 639 g/mol. The molecule has 0 aliphatic carbocycles. The van der Waals surface area contributed by atoms with Crippen LogP contribution in [0.2, 0.25) is 0 Å². The van der Waals surface area contributed by atoms with E-state index in [4.69, 9.17) is 0 Å². The summed E-state index contributed by atoms with van der Waals surface area (Å²) in [5.74, 6) is 1.82. The number of rotatable bonds is 15. The van der Waals surface area contributed by atoms with Crippen LogP contribution in [0.15, 0.2) is 77.7 Å². The minimum atomic E-state index is -3.66. The van der Waals surface area contributed by atoms with Crippen molar-refractivity contribution in [3.8, 4) is 0 Å². The summed E-state index contributed by atoms with van der Waals surface area (Å²) >= 11 is 2.11. The monoisotopic (exact) mass is 638 g/mol. The minimum absolute atomic E-state index is 0.117. The van der Waals surface area contributed by atoms with E-state index in [0.717, 1.165) is 17.5 Å². The molecule has 0 aromatic heterocycles. The van der Waals surface area contributed by atoms with Crippen molar-refractivity contribution in [3.63, 3.8) is 0 Å². The Morgan fingerprint density at radius 2 is 1.30 bits per heavy atom. The fourth-order valence-corrected chi connectivity index (χ4v) is 12.2. The lowest BCUT2D eigenvalue weighted by Crippen LogP contribution is -2.42. The highest BCUT2D eigenvalue weighted by molar-refractivity contribution is 8.01. The van der Waals surface area contributed by atoms with Gasteiger partial charge in [0.05, 0.1) is 4.90 Å². The molecule has 4 nitrogen and oxygen atoms in total. The normalized spacial score (nSPS) is 17.0. The molecular weight excluding hydrogens is 588 g/mol. The van der Waals surface area contributed by atoms with Crippen molar-refractivity contribution in [2.24, 2.45) is 0 Å². The molecule has 1 fully saturated rings. The number of hydrogen-bond donors (Lipinski definition) is 2. The Bertz CT molecular complexity index is 1340. The van der Waals surface area contributed by atoms with E-state index in [1.807, 2.05) is 0 Å². The van der Waals surface area contributed by atoms with Gasteiger partial charge in [-0.1, -0.05) is 114 Å². The highest BCUT2D eigenvalue weighted by Crippen LogP contribution is 2.50. The topological polar surface area (TPSA) is 58.2 Å². The van der Waals surface area contributed by atoms with Crippen molar-refractivity contribution in [2.45, 2.75) is 101 Å². The van der Waals surface area contributed by atoms with Crippen LogP contribution >= 0.6 is 19.7 Å². The minimum Gasteiger partial charge on any atom is -0.313 e. The van der Waals surface area contributed by atoms with E-state index in [0.29, 0.717) is 34.8 Å². The van der Waals surface area contributed by atoms with Gasteiger partial charge in [0.25, 0.3) is 0 Å². The van der Waals surface area contributed by atoms with Crippen LogP contribution in [0.4, 0.5) is 0 Å². The lowest BCUT2D eigenvalue weighted by Gasteiger charge is -2.40. The highest BCUT2D eigenvalue weighted by atomic mass is 32.2. The highest BCUT2D eigenvalue weighted by Gasteiger charge is 2.36. The van der Waals surface area contributed by atoms with Crippen molar-refractivity contribution in [3.05, 3.63) is 89.5 Å². The zero-order valence-corrected chi connectivity index (χ0v) is 29.5. The van der Waals surface area contributed by atoms with Gasteiger partial charge in [-0.2, -0.15) is 11.8 Å². The van der Waals surface area contributed by atoms with E-state index < -0.39 is 17.9 Å². The summed E-state index contributed by atoms with van der Waals surface area (Å²) in [5.41, 5.74) is 3.59. The molecule has 0 bridgehead atoms. The molecule has 3 aromatic carbocycles. The predicted octanol–water partition coefficient (Wildman–Crippen LogP) is 7.71. The molecule has 3 atom stereocenters. The van der Waals surface area contributed by atoms with Crippen molar-refractivity contribution in [1.29, 1.82) is 0 Å². The maximum atomic E-state index is 13.8. The Morgan fingerprint density at radius 3 is 1.72 bits per heavy atom. The second kappa shape index (κ2) is 15.5. The Hall–Kier alpha value is -1.69. The van der Waals surface area contributed by atoms with Gasteiger partial charge in [0.2, 0.25) is 10.0 Å². The van der Waals surface area contributed by atoms with E-state index in [9.17, 15) is 8.42 Å². The summed E-state index contributed by atoms with van der Waals surface area (Å²) in [6, 6.07) is 26.5. The number of benzene rings is 3. The number of sulfonamides is 1. The molecule has 1 aliphatic rings. The predicted molar refractivity (Wildman–Crippen MR) is 190 cm³/mol. The van der Waals surface area contributed by atoms with Gasteiger partial charge in [-0.05, 0) is 78.5 Å². The first kappa shape index (κ1) is 34.2. The van der Waals surface area contributed by atoms with Crippen molar-refractivity contribution < 1.29 is 8.42 Å². The van der Waals surface area contributed by atoms with E-state index in [-0.39, 0.29) is 17.9 Å². The van der Waals surface area contributed by atoms with Crippen LogP contribution in [0.1, 0.15) is 95.8 Å². The zero-order chi connectivity index (χ0) is 31.1. The number of nitrogens with one attached hydrogen (secondary N) is 2. The molecule has 3 aromatic rings. The third-order valence-corrected chi connectivity index (χ3v) is 14.6. The molecule has 43 heavy (non-hydrogen) atoms. The van der Waals surface area contributed by atoms with Crippen LogP contribution in [0.5, 0.6) is 0 Å². The van der Waals surface area contributed by atoms with Crippen molar-refractivity contribution in [1.82, 2.24) is 10.0 Å². The van der Waals surface area contributed by atoms with E-state index in [1.165, 1.54) is 28.3 Å². The molecule has 7 heteroatoms. The van der Waals surface area contributed by atoms with Crippen molar-refractivity contribution in [2.75, 3.05) is 18.8 Å². The van der Waals surface area contributed by atoms with Gasteiger partial charge in [0.15, 0.2) is 0 Å². The van der Waals surface area contributed by atoms with Gasteiger partial charge in [0, 0.05) is 30.0 Å².